The number of piperidine rings is 1. The molecule has 13 heteroatoms. The first kappa shape index (κ1) is 37.1. The third-order valence-corrected chi connectivity index (χ3v) is 11.0. The van der Waals surface area contributed by atoms with Crippen LogP contribution in [0.5, 0.6) is 5.88 Å². The number of aromatic nitrogens is 4. The predicted molar refractivity (Wildman–Crippen MR) is 201 cm³/mol. The third kappa shape index (κ3) is 8.70. The van der Waals surface area contributed by atoms with Crippen molar-refractivity contribution in [1.82, 2.24) is 24.8 Å². The minimum atomic E-state index is -4.19. The monoisotopic (exact) mass is 727 g/mol. The van der Waals surface area contributed by atoms with Crippen molar-refractivity contribution in [2.24, 2.45) is 5.41 Å². The van der Waals surface area contributed by atoms with Crippen LogP contribution in [0.1, 0.15) is 80.1 Å². The number of ether oxygens (including phenoxy) is 2. The number of benzene rings is 2. The Morgan fingerprint density at radius 1 is 0.981 bits per heavy atom. The van der Waals surface area contributed by atoms with Crippen LogP contribution in [0.4, 0.5) is 11.8 Å². The van der Waals surface area contributed by atoms with Crippen molar-refractivity contribution in [3.05, 3.63) is 83.3 Å². The number of fused-ring (bicyclic) bond motifs is 4. The molecule has 2 aliphatic rings. The van der Waals surface area contributed by atoms with Crippen LogP contribution in [0.25, 0.3) is 11.3 Å². The Bertz CT molecular complexity index is 1990. The van der Waals surface area contributed by atoms with Crippen molar-refractivity contribution >= 4 is 27.7 Å². The number of amides is 1. The molecule has 4 aromatic rings. The first-order chi connectivity index (χ1) is 24.8. The van der Waals surface area contributed by atoms with E-state index >= 15 is 0 Å². The lowest BCUT2D eigenvalue weighted by Gasteiger charge is -2.36. The van der Waals surface area contributed by atoms with Crippen LogP contribution < -0.4 is 14.4 Å². The normalized spacial score (nSPS) is 19.2. The molecule has 276 valence electrons. The van der Waals surface area contributed by atoms with Gasteiger partial charge in [-0.15, -0.1) is 0 Å². The summed E-state index contributed by atoms with van der Waals surface area (Å²) in [6, 6.07) is 13.5. The van der Waals surface area contributed by atoms with Crippen LogP contribution in [0.3, 0.4) is 0 Å². The highest BCUT2D eigenvalue weighted by molar-refractivity contribution is 7.92. The van der Waals surface area contributed by atoms with E-state index in [-0.39, 0.29) is 52.8 Å². The van der Waals surface area contributed by atoms with Gasteiger partial charge < -0.3 is 19.3 Å². The van der Waals surface area contributed by atoms with Crippen LogP contribution >= 0.6 is 0 Å². The number of methoxy groups -OCH3 is 1. The molecular formula is C39H49N7O5S. The Hall–Kier alpha value is -4.62. The van der Waals surface area contributed by atoms with Gasteiger partial charge in [0, 0.05) is 30.8 Å². The zero-order valence-electron chi connectivity index (χ0n) is 30.9. The largest absolute Gasteiger partial charge is 0.475 e. The van der Waals surface area contributed by atoms with E-state index < -0.39 is 16.1 Å². The standard InChI is InChI=1S/C39H49N7O5S/c1-26-11-9-12-27(2)36(26)33-20-35-43-38(42-33)44-52(48,49)32-15-10-13-28(19-32)37(47)46(31(25-51-35)16-17-39(3,4)5)23-29-21-40-22-34(41-29)45-18-8-7-14-30(45)24-50-6/h9-13,15,19-22,30-31H,7-8,14,16-18,23-25H2,1-6H3,(H,42,43,44)/t30?,31-/m1/s1. The number of hydrogen-bond acceptors (Lipinski definition) is 10. The van der Waals surface area contributed by atoms with E-state index in [0.29, 0.717) is 24.4 Å². The number of anilines is 2. The summed E-state index contributed by atoms with van der Waals surface area (Å²) < 4.78 is 42.1. The molecule has 0 aliphatic carbocycles. The molecule has 52 heavy (non-hydrogen) atoms. The smallest absolute Gasteiger partial charge is 0.264 e. The summed E-state index contributed by atoms with van der Waals surface area (Å²) in [5, 5.41) is 0. The maximum Gasteiger partial charge on any atom is 0.264 e. The van der Waals surface area contributed by atoms with Gasteiger partial charge in [0.15, 0.2) is 0 Å². The molecule has 2 atom stereocenters. The van der Waals surface area contributed by atoms with Crippen molar-refractivity contribution in [1.29, 1.82) is 0 Å². The Labute approximate surface area is 307 Å². The molecule has 1 amide bonds. The van der Waals surface area contributed by atoms with Crippen LogP contribution in [0.15, 0.2) is 65.8 Å². The van der Waals surface area contributed by atoms with Gasteiger partial charge in [-0.1, -0.05) is 45.0 Å². The predicted octanol–water partition coefficient (Wildman–Crippen LogP) is 6.59. The zero-order chi connectivity index (χ0) is 37.0. The quantitative estimate of drug-likeness (QED) is 0.212. The van der Waals surface area contributed by atoms with Crippen molar-refractivity contribution < 1.29 is 22.7 Å². The van der Waals surface area contributed by atoms with Crippen LogP contribution in [-0.2, 0) is 21.3 Å². The van der Waals surface area contributed by atoms with Gasteiger partial charge in [0.2, 0.25) is 11.8 Å². The molecule has 0 saturated carbocycles. The average molecular weight is 728 g/mol. The second kappa shape index (κ2) is 15.5. The van der Waals surface area contributed by atoms with Gasteiger partial charge in [0.25, 0.3) is 15.9 Å². The number of aryl methyl sites for hydroxylation is 2. The van der Waals surface area contributed by atoms with Gasteiger partial charge in [-0.05, 0) is 80.7 Å². The summed E-state index contributed by atoms with van der Waals surface area (Å²) in [5.41, 5.74) is 4.16. The fourth-order valence-corrected chi connectivity index (χ4v) is 7.95. The van der Waals surface area contributed by atoms with E-state index in [9.17, 15) is 13.2 Å². The summed E-state index contributed by atoms with van der Waals surface area (Å²) in [6.45, 7) is 12.1. The summed E-state index contributed by atoms with van der Waals surface area (Å²) in [6.07, 6.45) is 8.03. The number of nitrogens with one attached hydrogen (secondary N) is 1. The second-order valence-electron chi connectivity index (χ2n) is 15.0. The lowest BCUT2D eigenvalue weighted by Crippen LogP contribution is -2.44. The third-order valence-electron chi connectivity index (χ3n) is 9.69. The molecule has 4 bridgehead atoms. The summed E-state index contributed by atoms with van der Waals surface area (Å²) in [5.74, 6) is 0.480. The molecule has 1 saturated heterocycles. The Morgan fingerprint density at radius 3 is 2.50 bits per heavy atom. The highest BCUT2D eigenvalue weighted by Crippen LogP contribution is 2.32. The Kier molecular flexibility index (Phi) is 11.1. The summed E-state index contributed by atoms with van der Waals surface area (Å²) >= 11 is 0. The maximum atomic E-state index is 14.6. The summed E-state index contributed by atoms with van der Waals surface area (Å²) in [7, 11) is -2.48. The molecule has 2 aliphatic heterocycles. The number of hydrogen-bond donors (Lipinski definition) is 1. The molecule has 2 aromatic carbocycles. The minimum absolute atomic E-state index is 0.0320. The lowest BCUT2D eigenvalue weighted by atomic mass is 9.88. The molecule has 12 nitrogen and oxygen atoms in total. The fraction of sp³-hybridized carbons (Fsp3) is 0.462. The van der Waals surface area contributed by atoms with Gasteiger partial charge in [-0.2, -0.15) is 4.98 Å². The minimum Gasteiger partial charge on any atom is -0.475 e. The van der Waals surface area contributed by atoms with Gasteiger partial charge in [-0.3, -0.25) is 9.78 Å². The van der Waals surface area contributed by atoms with E-state index in [0.717, 1.165) is 54.7 Å². The molecule has 1 N–H and O–H groups in total. The highest BCUT2D eigenvalue weighted by Gasteiger charge is 2.31. The van der Waals surface area contributed by atoms with Crippen LogP contribution in [0.2, 0.25) is 0 Å². The Balaban J connectivity index is 1.44. The molecular weight excluding hydrogens is 679 g/mol. The van der Waals surface area contributed by atoms with E-state index in [1.807, 2.05) is 32.0 Å². The maximum absolute atomic E-state index is 14.6. The summed E-state index contributed by atoms with van der Waals surface area (Å²) in [4.78, 5) is 37.3. The molecule has 1 unspecified atom stereocenters. The van der Waals surface area contributed by atoms with E-state index in [1.165, 1.54) is 12.1 Å². The molecule has 0 radical (unpaired) electrons. The number of carbonyl (C=O) groups excluding carboxylic acids is 1. The fourth-order valence-electron chi connectivity index (χ4n) is 6.96. The van der Waals surface area contributed by atoms with Crippen LogP contribution in [0, 0.1) is 19.3 Å². The van der Waals surface area contributed by atoms with Crippen molar-refractivity contribution in [2.75, 3.05) is 36.5 Å². The van der Waals surface area contributed by atoms with Crippen molar-refractivity contribution in [3.63, 3.8) is 0 Å². The van der Waals surface area contributed by atoms with Crippen molar-refractivity contribution in [3.8, 4) is 17.1 Å². The molecule has 1 fully saturated rings. The van der Waals surface area contributed by atoms with E-state index in [1.54, 1.807) is 42.6 Å². The molecule has 6 rings (SSSR count). The SMILES string of the molecule is COCC1CCCCN1c1cncc(CN2C(=O)c3cccc(c3)S(=O)(=O)Nc3nc(cc(-c4c(C)cccc4C)n3)OC[C@H]2CCC(C)(C)C)n1. The number of rotatable bonds is 8. The van der Waals surface area contributed by atoms with Gasteiger partial charge in [-0.25, -0.2) is 23.1 Å². The molecule has 0 spiro atoms. The average Bonchev–Trinajstić information content (AvgIpc) is 3.10. The lowest BCUT2D eigenvalue weighted by molar-refractivity contribution is 0.0549. The number of carbonyl (C=O) groups is 1. The topological polar surface area (TPSA) is 140 Å². The molecule has 4 heterocycles. The Morgan fingerprint density at radius 2 is 1.75 bits per heavy atom. The van der Waals surface area contributed by atoms with E-state index in [2.05, 4.69) is 45.3 Å². The first-order valence-corrected chi connectivity index (χ1v) is 19.4. The van der Waals surface area contributed by atoms with Gasteiger partial charge >= 0.3 is 0 Å². The zero-order valence-corrected chi connectivity index (χ0v) is 31.7. The van der Waals surface area contributed by atoms with Gasteiger partial charge in [0.05, 0.1) is 53.9 Å². The highest BCUT2D eigenvalue weighted by atomic mass is 32.2. The second-order valence-corrected chi connectivity index (χ2v) is 16.7. The first-order valence-electron chi connectivity index (χ1n) is 17.9. The van der Waals surface area contributed by atoms with E-state index in [4.69, 9.17) is 14.5 Å². The number of sulfonamides is 1. The van der Waals surface area contributed by atoms with Crippen molar-refractivity contribution in [2.45, 2.75) is 90.2 Å². The molecule has 2 aromatic heterocycles. The number of nitrogens with zero attached hydrogens (tertiary/aromatic N) is 6. The van der Waals surface area contributed by atoms with Crippen LogP contribution in [-0.4, -0.2) is 78.1 Å². The van der Waals surface area contributed by atoms with Gasteiger partial charge in [0.1, 0.15) is 12.4 Å².